The second-order valence-corrected chi connectivity index (χ2v) is 4.57. The summed E-state index contributed by atoms with van der Waals surface area (Å²) in [6.45, 7) is 3.23. The molecule has 1 atom stereocenters. The van der Waals surface area contributed by atoms with Gasteiger partial charge in [-0.2, -0.15) is 0 Å². The summed E-state index contributed by atoms with van der Waals surface area (Å²) >= 11 is 0. The first-order valence-electron chi connectivity index (χ1n) is 5.90. The van der Waals surface area contributed by atoms with E-state index >= 15 is 0 Å². The largest absolute Gasteiger partial charge is 0.332 e. The Morgan fingerprint density at radius 3 is 2.88 bits per heavy atom. The van der Waals surface area contributed by atoms with Crippen LogP contribution in [0.3, 0.4) is 0 Å². The minimum Gasteiger partial charge on any atom is -0.332 e. The molecule has 2 aromatic rings. The topological polar surface area (TPSA) is 17.8 Å². The van der Waals surface area contributed by atoms with Crippen molar-refractivity contribution < 1.29 is 0 Å². The number of imidazole rings is 1. The van der Waals surface area contributed by atoms with Gasteiger partial charge in [0.2, 0.25) is 0 Å². The molecule has 82 valence electrons. The molecule has 0 saturated carbocycles. The molecule has 0 radical (unpaired) electrons. The van der Waals surface area contributed by atoms with Crippen LogP contribution < -0.4 is 0 Å². The van der Waals surface area contributed by atoms with E-state index < -0.39 is 0 Å². The summed E-state index contributed by atoms with van der Waals surface area (Å²) in [6, 6.07) is 10.8. The Hall–Kier alpha value is -1.57. The molecule has 2 nitrogen and oxygen atoms in total. The molecule has 0 saturated heterocycles. The van der Waals surface area contributed by atoms with Crippen LogP contribution in [0.15, 0.2) is 36.5 Å². The molecular weight excluding hydrogens is 196 g/mol. The van der Waals surface area contributed by atoms with Crippen molar-refractivity contribution in [3.63, 3.8) is 0 Å². The molecule has 0 spiro atoms. The molecule has 2 heterocycles. The van der Waals surface area contributed by atoms with E-state index in [0.717, 1.165) is 13.0 Å². The standard InChI is InChI=1S/C14H16N2/c1-11-9-15-14-8-7-13(10-16(11)14)12-5-3-2-4-6-12/h2-6,9,13H,7-8,10H2,1H3. The summed E-state index contributed by atoms with van der Waals surface area (Å²) in [6.07, 6.45) is 4.32. The Bertz CT molecular complexity index is 485. The monoisotopic (exact) mass is 212 g/mol. The summed E-state index contributed by atoms with van der Waals surface area (Å²) in [5.74, 6) is 1.91. The second-order valence-electron chi connectivity index (χ2n) is 4.57. The van der Waals surface area contributed by atoms with Crippen molar-refractivity contribution in [1.29, 1.82) is 0 Å². The molecule has 1 aliphatic rings. The fourth-order valence-corrected chi connectivity index (χ4v) is 2.57. The van der Waals surface area contributed by atoms with Crippen LogP contribution >= 0.6 is 0 Å². The lowest BCUT2D eigenvalue weighted by Gasteiger charge is -2.25. The van der Waals surface area contributed by atoms with Crippen LogP contribution in [0.25, 0.3) is 0 Å². The van der Waals surface area contributed by atoms with Crippen LogP contribution in [0.2, 0.25) is 0 Å². The van der Waals surface area contributed by atoms with Gasteiger partial charge < -0.3 is 4.57 Å². The van der Waals surface area contributed by atoms with E-state index in [9.17, 15) is 0 Å². The van der Waals surface area contributed by atoms with Crippen molar-refractivity contribution in [1.82, 2.24) is 9.55 Å². The zero-order valence-corrected chi connectivity index (χ0v) is 9.56. The molecule has 1 aliphatic heterocycles. The highest BCUT2D eigenvalue weighted by Crippen LogP contribution is 2.28. The van der Waals surface area contributed by atoms with Gasteiger partial charge in [-0.3, -0.25) is 0 Å². The minimum absolute atomic E-state index is 0.654. The van der Waals surface area contributed by atoms with E-state index in [4.69, 9.17) is 0 Å². The summed E-state index contributed by atoms with van der Waals surface area (Å²) < 4.78 is 2.36. The van der Waals surface area contributed by atoms with Gasteiger partial charge in [0.1, 0.15) is 5.82 Å². The maximum atomic E-state index is 4.45. The minimum atomic E-state index is 0.654. The number of benzene rings is 1. The molecule has 0 bridgehead atoms. The van der Waals surface area contributed by atoms with Crippen LogP contribution in [0.1, 0.15) is 29.4 Å². The van der Waals surface area contributed by atoms with Crippen molar-refractivity contribution in [2.45, 2.75) is 32.2 Å². The lowest BCUT2D eigenvalue weighted by atomic mass is 9.91. The van der Waals surface area contributed by atoms with Crippen molar-refractivity contribution in [2.75, 3.05) is 0 Å². The normalized spacial score (nSPS) is 19.4. The predicted octanol–water partition coefficient (Wildman–Crippen LogP) is 2.92. The third kappa shape index (κ3) is 1.54. The average molecular weight is 212 g/mol. The van der Waals surface area contributed by atoms with Gasteiger partial charge in [0.15, 0.2) is 0 Å². The molecule has 0 aliphatic carbocycles. The summed E-state index contributed by atoms with van der Waals surface area (Å²) in [5, 5.41) is 0. The second kappa shape index (κ2) is 3.78. The summed E-state index contributed by atoms with van der Waals surface area (Å²) in [7, 11) is 0. The van der Waals surface area contributed by atoms with Gasteiger partial charge in [-0.1, -0.05) is 30.3 Å². The van der Waals surface area contributed by atoms with Gasteiger partial charge in [-0.05, 0) is 18.9 Å². The summed E-state index contributed by atoms with van der Waals surface area (Å²) in [5.41, 5.74) is 2.75. The zero-order valence-electron chi connectivity index (χ0n) is 9.56. The van der Waals surface area contributed by atoms with Crippen LogP contribution in [0, 0.1) is 6.92 Å². The van der Waals surface area contributed by atoms with Crippen molar-refractivity contribution >= 4 is 0 Å². The third-order valence-corrected chi connectivity index (χ3v) is 3.53. The number of nitrogens with zero attached hydrogens (tertiary/aromatic N) is 2. The molecule has 0 fully saturated rings. The molecule has 16 heavy (non-hydrogen) atoms. The predicted molar refractivity (Wildman–Crippen MR) is 64.5 cm³/mol. The first kappa shape index (κ1) is 9.64. The fourth-order valence-electron chi connectivity index (χ4n) is 2.57. The lowest BCUT2D eigenvalue weighted by molar-refractivity contribution is 0.450. The van der Waals surface area contributed by atoms with Crippen LogP contribution in [0.5, 0.6) is 0 Å². The SMILES string of the molecule is Cc1cnc2n1CC(c1ccccc1)CC2. The molecular formula is C14H16N2. The number of hydrogen-bond acceptors (Lipinski definition) is 1. The summed E-state index contributed by atoms with van der Waals surface area (Å²) in [4.78, 5) is 4.45. The Morgan fingerprint density at radius 1 is 1.25 bits per heavy atom. The highest BCUT2D eigenvalue weighted by atomic mass is 15.1. The Balaban J connectivity index is 1.90. The highest BCUT2D eigenvalue weighted by molar-refractivity contribution is 5.21. The van der Waals surface area contributed by atoms with Gasteiger partial charge >= 0.3 is 0 Å². The van der Waals surface area contributed by atoms with E-state index in [2.05, 4.69) is 46.8 Å². The maximum Gasteiger partial charge on any atom is 0.108 e. The molecule has 1 unspecified atom stereocenters. The molecule has 0 N–H and O–H groups in total. The number of aromatic nitrogens is 2. The molecule has 0 amide bonds. The Morgan fingerprint density at radius 2 is 2.06 bits per heavy atom. The molecule has 2 heteroatoms. The zero-order chi connectivity index (χ0) is 11.0. The Kier molecular flexibility index (Phi) is 2.28. The van der Waals surface area contributed by atoms with Crippen LogP contribution in [0.4, 0.5) is 0 Å². The number of hydrogen-bond donors (Lipinski definition) is 0. The molecule has 1 aromatic heterocycles. The first-order valence-corrected chi connectivity index (χ1v) is 5.90. The van der Waals surface area contributed by atoms with Crippen molar-refractivity contribution in [3.8, 4) is 0 Å². The highest BCUT2D eigenvalue weighted by Gasteiger charge is 2.21. The van der Waals surface area contributed by atoms with E-state index in [1.807, 2.05) is 6.20 Å². The van der Waals surface area contributed by atoms with Crippen molar-refractivity contribution in [2.24, 2.45) is 0 Å². The van der Waals surface area contributed by atoms with Crippen molar-refractivity contribution in [3.05, 3.63) is 53.6 Å². The van der Waals surface area contributed by atoms with E-state index in [1.54, 1.807) is 0 Å². The lowest BCUT2D eigenvalue weighted by Crippen LogP contribution is -2.19. The number of fused-ring (bicyclic) bond motifs is 1. The van der Waals surface area contributed by atoms with Gasteiger partial charge in [0, 0.05) is 30.8 Å². The van der Waals surface area contributed by atoms with Gasteiger partial charge in [-0.25, -0.2) is 4.98 Å². The molecule has 3 rings (SSSR count). The fraction of sp³-hybridized carbons (Fsp3) is 0.357. The van der Waals surface area contributed by atoms with Gasteiger partial charge in [0.05, 0.1) is 0 Å². The quantitative estimate of drug-likeness (QED) is 0.710. The maximum absolute atomic E-state index is 4.45. The Labute approximate surface area is 95.9 Å². The average Bonchev–Trinajstić information content (AvgIpc) is 2.72. The number of aryl methyl sites for hydroxylation is 2. The van der Waals surface area contributed by atoms with E-state index in [-0.39, 0.29) is 0 Å². The first-order chi connectivity index (χ1) is 7.84. The van der Waals surface area contributed by atoms with E-state index in [0.29, 0.717) is 5.92 Å². The smallest absolute Gasteiger partial charge is 0.108 e. The number of rotatable bonds is 1. The molecule has 1 aromatic carbocycles. The van der Waals surface area contributed by atoms with E-state index in [1.165, 1.54) is 23.5 Å². The van der Waals surface area contributed by atoms with Crippen LogP contribution in [-0.4, -0.2) is 9.55 Å². The van der Waals surface area contributed by atoms with Gasteiger partial charge in [-0.15, -0.1) is 0 Å². The third-order valence-electron chi connectivity index (χ3n) is 3.53. The van der Waals surface area contributed by atoms with Crippen LogP contribution in [-0.2, 0) is 13.0 Å². The van der Waals surface area contributed by atoms with Gasteiger partial charge in [0.25, 0.3) is 0 Å².